The molecule has 0 bridgehead atoms. The molecular weight excluding hydrogens is 302 g/mol. The highest BCUT2D eigenvalue weighted by Gasteiger charge is 2.23. The van der Waals surface area contributed by atoms with Crippen LogP contribution < -0.4 is 10.6 Å². The molecule has 0 spiro atoms. The first kappa shape index (κ1) is 14.8. The maximum Gasteiger partial charge on any atom is 0.0511 e. The molecule has 1 saturated heterocycles. The van der Waals surface area contributed by atoms with Gasteiger partial charge < -0.3 is 10.6 Å². The van der Waals surface area contributed by atoms with Gasteiger partial charge in [0.25, 0.3) is 0 Å². The molecule has 1 unspecified atom stereocenters. The molecule has 1 heterocycles. The molecule has 1 aromatic carbocycles. The van der Waals surface area contributed by atoms with Crippen LogP contribution in [0.4, 0.5) is 5.69 Å². The fourth-order valence-electron chi connectivity index (χ4n) is 2.75. The van der Waals surface area contributed by atoms with Crippen LogP contribution >= 0.6 is 15.9 Å². The van der Waals surface area contributed by atoms with E-state index in [1.807, 2.05) is 6.92 Å². The van der Waals surface area contributed by atoms with Crippen molar-refractivity contribution in [1.29, 1.82) is 0 Å². The summed E-state index contributed by atoms with van der Waals surface area (Å²) in [6.07, 6.45) is 0. The van der Waals surface area contributed by atoms with Gasteiger partial charge in [-0.1, -0.05) is 13.0 Å². The number of rotatable bonds is 3. The van der Waals surface area contributed by atoms with Gasteiger partial charge in [0, 0.05) is 36.2 Å². The van der Waals surface area contributed by atoms with Crippen LogP contribution in [0.5, 0.6) is 0 Å². The number of nitrogens with zero attached hydrogens (tertiary/aromatic N) is 2. The lowest BCUT2D eigenvalue weighted by atomic mass is 10.1. The molecule has 1 aromatic rings. The zero-order chi connectivity index (χ0) is 14.0. The summed E-state index contributed by atoms with van der Waals surface area (Å²) in [4.78, 5) is 4.99. The molecule has 1 aliphatic heterocycles. The number of hydrogen-bond acceptors (Lipinski definition) is 3. The van der Waals surface area contributed by atoms with Gasteiger partial charge in [0.05, 0.1) is 5.69 Å². The third-order valence-corrected chi connectivity index (χ3v) is 4.64. The molecule has 1 fully saturated rings. The van der Waals surface area contributed by atoms with E-state index in [2.05, 4.69) is 57.8 Å². The average molecular weight is 326 g/mol. The molecule has 4 heteroatoms. The first-order valence-electron chi connectivity index (χ1n) is 7.07. The molecule has 0 aromatic heterocycles. The zero-order valence-corrected chi connectivity index (χ0v) is 13.7. The Morgan fingerprint density at radius 1 is 1.42 bits per heavy atom. The Bertz CT molecular complexity index is 433. The molecule has 0 saturated carbocycles. The van der Waals surface area contributed by atoms with E-state index < -0.39 is 0 Å². The Kier molecular flexibility index (Phi) is 4.87. The lowest BCUT2D eigenvalue weighted by Gasteiger charge is -2.41. The van der Waals surface area contributed by atoms with Gasteiger partial charge in [-0.15, -0.1) is 0 Å². The van der Waals surface area contributed by atoms with Crippen LogP contribution in [0.2, 0.25) is 0 Å². The summed E-state index contributed by atoms with van der Waals surface area (Å²) in [5, 5.41) is 0. The van der Waals surface area contributed by atoms with Crippen LogP contribution in [0.25, 0.3) is 0 Å². The Morgan fingerprint density at radius 3 is 2.68 bits per heavy atom. The molecule has 2 atom stereocenters. The third kappa shape index (κ3) is 3.30. The summed E-state index contributed by atoms with van der Waals surface area (Å²) in [6, 6.07) is 7.18. The summed E-state index contributed by atoms with van der Waals surface area (Å²) >= 11 is 3.69. The van der Waals surface area contributed by atoms with Gasteiger partial charge in [0.15, 0.2) is 0 Å². The van der Waals surface area contributed by atoms with Gasteiger partial charge in [-0.25, -0.2) is 0 Å². The van der Waals surface area contributed by atoms with Crippen molar-refractivity contribution in [3.63, 3.8) is 0 Å². The first-order chi connectivity index (χ1) is 9.02. The van der Waals surface area contributed by atoms with Gasteiger partial charge >= 0.3 is 0 Å². The zero-order valence-electron chi connectivity index (χ0n) is 12.1. The average Bonchev–Trinajstić information content (AvgIpc) is 2.38. The van der Waals surface area contributed by atoms with Crippen molar-refractivity contribution >= 4 is 21.6 Å². The van der Waals surface area contributed by atoms with Gasteiger partial charge in [0.1, 0.15) is 0 Å². The largest absolute Gasteiger partial charge is 0.368 e. The van der Waals surface area contributed by atoms with Gasteiger partial charge in [-0.05, 0) is 54.0 Å². The first-order valence-corrected chi connectivity index (χ1v) is 7.86. The standard InChI is InChI=1S/C15H24BrN3/c1-4-18-7-8-19(10-11(18)2)15-6-5-13(12(3)17)9-14(15)16/h5-6,9,11-12H,4,7-8,10,17H2,1-3H3/t11?,12-/m0/s1. The quantitative estimate of drug-likeness (QED) is 0.927. The molecule has 0 amide bonds. The van der Waals surface area contributed by atoms with Gasteiger partial charge in [-0.2, -0.15) is 0 Å². The van der Waals surface area contributed by atoms with Crippen LogP contribution in [0.1, 0.15) is 32.4 Å². The van der Waals surface area contributed by atoms with Crippen molar-refractivity contribution in [2.75, 3.05) is 31.1 Å². The van der Waals surface area contributed by atoms with Crippen LogP contribution in [-0.4, -0.2) is 37.1 Å². The minimum Gasteiger partial charge on any atom is -0.368 e. The van der Waals surface area contributed by atoms with E-state index in [4.69, 9.17) is 5.73 Å². The van der Waals surface area contributed by atoms with E-state index in [1.54, 1.807) is 0 Å². The number of hydrogen-bond donors (Lipinski definition) is 1. The van der Waals surface area contributed by atoms with Crippen molar-refractivity contribution in [3.05, 3.63) is 28.2 Å². The van der Waals surface area contributed by atoms with Crippen LogP contribution in [0.15, 0.2) is 22.7 Å². The predicted octanol–water partition coefficient (Wildman–Crippen LogP) is 3.00. The Labute approximate surface area is 124 Å². The van der Waals surface area contributed by atoms with E-state index in [0.29, 0.717) is 6.04 Å². The monoisotopic (exact) mass is 325 g/mol. The fraction of sp³-hybridized carbons (Fsp3) is 0.600. The van der Waals surface area contributed by atoms with Crippen molar-refractivity contribution in [2.24, 2.45) is 5.73 Å². The Balaban J connectivity index is 2.15. The smallest absolute Gasteiger partial charge is 0.0511 e. The normalized spacial score (nSPS) is 22.6. The molecule has 0 radical (unpaired) electrons. The highest BCUT2D eigenvalue weighted by molar-refractivity contribution is 9.10. The molecule has 19 heavy (non-hydrogen) atoms. The Hall–Kier alpha value is -0.580. The lowest BCUT2D eigenvalue weighted by Crippen LogP contribution is -2.51. The molecule has 3 nitrogen and oxygen atoms in total. The van der Waals surface area contributed by atoms with Gasteiger partial charge in [0.2, 0.25) is 0 Å². The summed E-state index contributed by atoms with van der Waals surface area (Å²) in [6.45, 7) is 11.0. The summed E-state index contributed by atoms with van der Waals surface area (Å²) in [7, 11) is 0. The number of likely N-dealkylation sites (N-methyl/N-ethyl adjacent to an activating group) is 1. The molecular formula is C15H24BrN3. The van der Waals surface area contributed by atoms with E-state index in [0.717, 1.165) is 30.7 Å². The maximum absolute atomic E-state index is 5.93. The number of halogens is 1. The number of anilines is 1. The number of benzene rings is 1. The maximum atomic E-state index is 5.93. The number of nitrogens with two attached hydrogens (primary N) is 1. The third-order valence-electron chi connectivity index (χ3n) is 4.01. The van der Waals surface area contributed by atoms with Crippen molar-refractivity contribution in [3.8, 4) is 0 Å². The van der Waals surface area contributed by atoms with Gasteiger partial charge in [-0.3, -0.25) is 4.90 Å². The number of piperazine rings is 1. The fourth-order valence-corrected chi connectivity index (χ4v) is 3.39. The second-order valence-corrected chi connectivity index (χ2v) is 6.28. The minimum atomic E-state index is 0.0845. The summed E-state index contributed by atoms with van der Waals surface area (Å²) < 4.78 is 1.15. The molecule has 2 rings (SSSR count). The topological polar surface area (TPSA) is 32.5 Å². The van der Waals surface area contributed by atoms with E-state index in [-0.39, 0.29) is 6.04 Å². The second-order valence-electron chi connectivity index (χ2n) is 5.42. The Morgan fingerprint density at radius 2 is 2.16 bits per heavy atom. The predicted molar refractivity (Wildman–Crippen MR) is 85.7 cm³/mol. The van der Waals surface area contributed by atoms with Crippen LogP contribution in [0.3, 0.4) is 0 Å². The second kappa shape index (κ2) is 6.25. The van der Waals surface area contributed by atoms with E-state index >= 15 is 0 Å². The van der Waals surface area contributed by atoms with E-state index in [9.17, 15) is 0 Å². The molecule has 1 aliphatic rings. The SMILES string of the molecule is CCN1CCN(c2ccc([C@H](C)N)cc2Br)CC1C. The van der Waals surface area contributed by atoms with Crippen molar-refractivity contribution in [1.82, 2.24) is 4.90 Å². The molecule has 0 aliphatic carbocycles. The van der Waals surface area contributed by atoms with Crippen LogP contribution in [0, 0.1) is 0 Å². The van der Waals surface area contributed by atoms with Crippen molar-refractivity contribution in [2.45, 2.75) is 32.9 Å². The lowest BCUT2D eigenvalue weighted by molar-refractivity contribution is 0.199. The van der Waals surface area contributed by atoms with E-state index in [1.165, 1.54) is 11.3 Å². The van der Waals surface area contributed by atoms with Crippen molar-refractivity contribution < 1.29 is 0 Å². The highest BCUT2D eigenvalue weighted by atomic mass is 79.9. The summed E-state index contributed by atoms with van der Waals surface area (Å²) in [5.41, 5.74) is 8.39. The molecule has 2 N–H and O–H groups in total. The minimum absolute atomic E-state index is 0.0845. The molecule has 106 valence electrons. The highest BCUT2D eigenvalue weighted by Crippen LogP contribution is 2.30. The van der Waals surface area contributed by atoms with Crippen LogP contribution in [-0.2, 0) is 0 Å². The summed E-state index contributed by atoms with van der Waals surface area (Å²) in [5.74, 6) is 0.